The highest BCUT2D eigenvalue weighted by Crippen LogP contribution is 2.55. The van der Waals surface area contributed by atoms with Crippen molar-refractivity contribution in [1.82, 2.24) is 0 Å². The number of fused-ring (bicyclic) bond motifs is 8. The van der Waals surface area contributed by atoms with Gasteiger partial charge >= 0.3 is 0 Å². The summed E-state index contributed by atoms with van der Waals surface area (Å²) in [6.07, 6.45) is 0. The second-order valence-corrected chi connectivity index (χ2v) is 10.4. The third kappa shape index (κ3) is 2.75. The van der Waals surface area contributed by atoms with E-state index in [9.17, 15) is 5.48 Å². The summed E-state index contributed by atoms with van der Waals surface area (Å²) >= 11 is 0. The van der Waals surface area contributed by atoms with Gasteiger partial charge in [0.2, 0.25) is 0 Å². The second-order valence-electron chi connectivity index (χ2n) is 10.4. The maximum atomic E-state index is 9.93. The van der Waals surface area contributed by atoms with Crippen LogP contribution in [0.25, 0.3) is 87.6 Å². The molecule has 0 spiro atoms. The van der Waals surface area contributed by atoms with E-state index in [1.54, 1.807) is 0 Å². The molecule has 1 heterocycles. The molecule has 0 unspecified atom stereocenters. The normalized spacial score (nSPS) is 16.3. The maximum absolute atomic E-state index is 9.93. The minimum Gasteiger partial charge on any atom is -0.456 e. The minimum absolute atomic E-state index is 0.0158. The number of hydrogen-bond acceptors (Lipinski definition) is 1. The SMILES string of the molecule is [2H]c1c([2H])c(-c2c3c(cc4ccccc24)-c2cccc4cccc-3c24)c([2H])c2c1Oc1c([2H])c([2H])c([2H])c3c1c-2c([2H])c1c([2H])c([2H])c([2H])c([2H])c13. The van der Waals surface area contributed by atoms with Gasteiger partial charge in [0.15, 0.2) is 0 Å². The van der Waals surface area contributed by atoms with Crippen molar-refractivity contribution < 1.29 is 19.8 Å². The summed E-state index contributed by atoms with van der Waals surface area (Å²) in [6, 6.07) is 16.7. The highest BCUT2D eigenvalue weighted by Gasteiger charge is 2.28. The van der Waals surface area contributed by atoms with Gasteiger partial charge in [-0.2, -0.15) is 0 Å². The van der Waals surface area contributed by atoms with Gasteiger partial charge in [0.1, 0.15) is 11.5 Å². The van der Waals surface area contributed by atoms with Gasteiger partial charge in [0.25, 0.3) is 0 Å². The molecule has 0 amide bonds. The first-order valence-corrected chi connectivity index (χ1v) is 13.3. The molecule has 1 aliphatic heterocycles. The fourth-order valence-corrected chi connectivity index (χ4v) is 6.61. The van der Waals surface area contributed by atoms with Crippen molar-refractivity contribution in [1.29, 1.82) is 0 Å². The smallest absolute Gasteiger partial charge is 0.135 e. The summed E-state index contributed by atoms with van der Waals surface area (Å²) in [7, 11) is 0. The molecule has 0 saturated heterocycles. The van der Waals surface area contributed by atoms with Crippen LogP contribution in [-0.4, -0.2) is 0 Å². The van der Waals surface area contributed by atoms with Gasteiger partial charge < -0.3 is 4.74 Å². The van der Waals surface area contributed by atoms with Crippen LogP contribution in [0.4, 0.5) is 0 Å². The molecule has 1 aliphatic carbocycles. The van der Waals surface area contributed by atoms with E-state index in [2.05, 4.69) is 6.07 Å². The molecule has 8 aromatic rings. The van der Waals surface area contributed by atoms with Crippen molar-refractivity contribution in [3.8, 4) is 56.0 Å². The predicted octanol–water partition coefficient (Wildman–Crippen LogP) is 11.4. The van der Waals surface area contributed by atoms with Gasteiger partial charge in [0, 0.05) is 10.9 Å². The van der Waals surface area contributed by atoms with Crippen LogP contribution in [0.5, 0.6) is 11.5 Å². The van der Waals surface area contributed by atoms with Crippen LogP contribution in [0.1, 0.15) is 15.1 Å². The Morgan fingerprint density at radius 3 is 2.24 bits per heavy atom. The van der Waals surface area contributed by atoms with E-state index in [-0.39, 0.29) is 61.8 Å². The molecule has 0 bridgehead atoms. The van der Waals surface area contributed by atoms with Crippen LogP contribution in [-0.2, 0) is 0 Å². The zero-order chi connectivity index (χ0) is 36.2. The Kier molecular flexibility index (Phi) is 2.56. The van der Waals surface area contributed by atoms with E-state index >= 15 is 0 Å². The number of hydrogen-bond donors (Lipinski definition) is 0. The quantitative estimate of drug-likeness (QED) is 0.192. The lowest BCUT2D eigenvalue weighted by Crippen LogP contribution is -1.98. The summed E-state index contributed by atoms with van der Waals surface area (Å²) in [5.41, 5.74) is 4.20. The van der Waals surface area contributed by atoms with Crippen LogP contribution in [0.3, 0.4) is 0 Å². The molecule has 0 saturated carbocycles. The third-order valence-electron chi connectivity index (χ3n) is 8.27. The van der Waals surface area contributed by atoms with Crippen molar-refractivity contribution in [2.24, 2.45) is 0 Å². The Bertz CT molecular complexity index is 3060. The monoisotopic (exact) mass is 529 g/mol. The van der Waals surface area contributed by atoms with Gasteiger partial charge in [-0.05, 0) is 107 Å². The zero-order valence-corrected chi connectivity index (χ0v) is 21.3. The molecule has 10 rings (SSSR count). The van der Waals surface area contributed by atoms with Gasteiger partial charge in [-0.3, -0.25) is 0 Å². The highest BCUT2D eigenvalue weighted by molar-refractivity contribution is 6.23. The lowest BCUT2D eigenvalue weighted by molar-refractivity contribution is 0.487. The van der Waals surface area contributed by atoms with E-state index in [0.29, 0.717) is 5.56 Å². The van der Waals surface area contributed by atoms with Crippen LogP contribution in [0.2, 0.25) is 0 Å². The lowest BCUT2D eigenvalue weighted by Gasteiger charge is -2.24. The predicted molar refractivity (Wildman–Crippen MR) is 172 cm³/mol. The first kappa shape index (κ1) is 13.8. The number of benzene rings is 8. The van der Waals surface area contributed by atoms with Crippen LogP contribution < -0.4 is 4.74 Å². The van der Waals surface area contributed by atoms with Gasteiger partial charge in [-0.1, -0.05) is 103 Å². The first-order valence-electron chi connectivity index (χ1n) is 18.8. The Balaban J connectivity index is 1.43. The van der Waals surface area contributed by atoms with Crippen molar-refractivity contribution >= 4 is 43.1 Å². The second kappa shape index (κ2) is 7.62. The molecule has 8 aromatic carbocycles. The zero-order valence-electron chi connectivity index (χ0n) is 32.3. The molecule has 188 valence electrons. The topological polar surface area (TPSA) is 9.23 Å². The molecule has 1 nitrogen and oxygen atoms in total. The van der Waals surface area contributed by atoms with Crippen LogP contribution in [0, 0.1) is 0 Å². The Labute approximate surface area is 252 Å². The molecular formula is C40H22O. The molecule has 41 heavy (non-hydrogen) atoms. The molecule has 2 aliphatic rings. The Hall–Kier alpha value is -5.40. The third-order valence-corrected chi connectivity index (χ3v) is 8.27. The summed E-state index contributed by atoms with van der Waals surface area (Å²) in [4.78, 5) is 0. The average molecular weight is 530 g/mol. The lowest BCUT2D eigenvalue weighted by atomic mass is 9.85. The van der Waals surface area contributed by atoms with Crippen molar-refractivity contribution in [2.45, 2.75) is 0 Å². The van der Waals surface area contributed by atoms with E-state index < -0.39 is 54.4 Å². The van der Waals surface area contributed by atoms with Crippen LogP contribution >= 0.6 is 0 Å². The first-order chi connectivity index (χ1) is 24.9. The fourth-order valence-electron chi connectivity index (χ4n) is 6.61. The van der Waals surface area contributed by atoms with E-state index in [1.807, 2.05) is 60.7 Å². The maximum Gasteiger partial charge on any atom is 0.135 e. The molecule has 0 fully saturated rings. The number of rotatable bonds is 1. The van der Waals surface area contributed by atoms with Gasteiger partial charge in [-0.25, -0.2) is 0 Å². The number of ether oxygens (including phenoxy) is 1. The highest BCUT2D eigenvalue weighted by atomic mass is 16.5. The van der Waals surface area contributed by atoms with E-state index in [4.69, 9.17) is 14.3 Å². The summed E-state index contributed by atoms with van der Waals surface area (Å²) in [5.74, 6) is -0.538. The largest absolute Gasteiger partial charge is 0.456 e. The average Bonchev–Trinajstić information content (AvgIpc) is 3.47. The molecule has 0 N–H and O–H groups in total. The summed E-state index contributed by atoms with van der Waals surface area (Å²) in [5, 5.41) is 3.17. The van der Waals surface area contributed by atoms with Gasteiger partial charge in [0.05, 0.1) is 15.1 Å². The molecule has 0 radical (unpaired) electrons. The summed E-state index contributed by atoms with van der Waals surface area (Å²) < 4.78 is 105. The summed E-state index contributed by atoms with van der Waals surface area (Å²) in [6.45, 7) is 0. The van der Waals surface area contributed by atoms with Crippen LogP contribution in [0.15, 0.2) is 133 Å². The molecule has 0 atom stereocenters. The van der Waals surface area contributed by atoms with E-state index in [0.717, 1.165) is 43.8 Å². The fraction of sp³-hybridized carbons (Fsp3) is 0. The van der Waals surface area contributed by atoms with E-state index in [1.165, 1.54) is 0 Å². The molecule has 0 aromatic heterocycles. The van der Waals surface area contributed by atoms with Gasteiger partial charge in [-0.15, -0.1) is 0 Å². The minimum atomic E-state index is -0.589. The van der Waals surface area contributed by atoms with Crippen molar-refractivity contribution in [2.75, 3.05) is 0 Å². The molecular weight excluding hydrogens is 496 g/mol. The van der Waals surface area contributed by atoms with Crippen molar-refractivity contribution in [3.63, 3.8) is 0 Å². The van der Waals surface area contributed by atoms with Crippen molar-refractivity contribution in [3.05, 3.63) is 133 Å². The Morgan fingerprint density at radius 1 is 0.463 bits per heavy atom. The standard InChI is InChI=1S/C40H22O/c1-3-12-27-24(8-1)20-34-32-22-26(18-19-35(32)41-36-17-7-15-29(27)39(34)36)38-28-13-4-2-9-25(28)21-33-30-14-5-10-23-11-6-16-31(37(23)30)40(33)38/h1-22H/i1D,3D,7D,8D,12D,15D,17D,18D,19D,20D,22D. The Morgan fingerprint density at radius 2 is 1.29 bits per heavy atom. The molecule has 1 heteroatoms.